The third kappa shape index (κ3) is 2.68. The molecule has 1 aromatic carbocycles. The first kappa shape index (κ1) is 14.1. The first-order chi connectivity index (χ1) is 10.2. The van der Waals surface area contributed by atoms with Crippen molar-refractivity contribution in [3.05, 3.63) is 35.3 Å². The number of nitrogens with one attached hydrogen (secondary N) is 1. The van der Waals surface area contributed by atoms with E-state index in [0.717, 1.165) is 29.6 Å². The van der Waals surface area contributed by atoms with Gasteiger partial charge >= 0.3 is 0 Å². The number of ether oxygens (including phenoxy) is 1. The Labute approximate surface area is 127 Å². The first-order valence-electron chi connectivity index (χ1n) is 6.78. The lowest BCUT2D eigenvalue weighted by Gasteiger charge is -2.11. The Morgan fingerprint density at radius 1 is 1.33 bits per heavy atom. The summed E-state index contributed by atoms with van der Waals surface area (Å²) in [5.74, 6) is 3.03. The quantitative estimate of drug-likeness (QED) is 0.937. The Morgan fingerprint density at radius 2 is 2.19 bits per heavy atom. The summed E-state index contributed by atoms with van der Waals surface area (Å²) >= 11 is 1.82. The van der Waals surface area contributed by atoms with E-state index < -0.39 is 5.82 Å². The fourth-order valence-electron chi connectivity index (χ4n) is 2.30. The lowest BCUT2D eigenvalue weighted by molar-refractivity contribution is 0.386. The van der Waals surface area contributed by atoms with Gasteiger partial charge in [-0.1, -0.05) is 0 Å². The molecule has 0 unspecified atom stereocenters. The van der Waals surface area contributed by atoms with Crippen LogP contribution in [0.1, 0.15) is 18.2 Å². The topological polar surface area (TPSA) is 47.0 Å². The molecule has 4 nitrogen and oxygen atoms in total. The lowest BCUT2D eigenvalue weighted by atomic mass is 10.1. The maximum absolute atomic E-state index is 13.9. The maximum Gasteiger partial charge on any atom is 0.165 e. The highest BCUT2D eigenvalue weighted by Gasteiger charge is 2.20. The molecule has 1 aliphatic rings. The molecule has 0 saturated carbocycles. The molecule has 0 amide bonds. The SMILES string of the molecule is CCNc1nc(-c2ccc(OC)c(F)c2)nc2c1CSC2. The van der Waals surface area contributed by atoms with Crippen molar-refractivity contribution in [2.45, 2.75) is 18.4 Å². The van der Waals surface area contributed by atoms with Crippen LogP contribution in [0.5, 0.6) is 5.75 Å². The van der Waals surface area contributed by atoms with Crippen molar-refractivity contribution in [1.82, 2.24) is 9.97 Å². The first-order valence-corrected chi connectivity index (χ1v) is 7.93. The van der Waals surface area contributed by atoms with Gasteiger partial charge in [-0.15, -0.1) is 0 Å². The molecule has 3 rings (SSSR count). The van der Waals surface area contributed by atoms with E-state index in [4.69, 9.17) is 4.74 Å². The Bertz CT molecular complexity index is 678. The van der Waals surface area contributed by atoms with Crippen LogP contribution in [0.15, 0.2) is 18.2 Å². The summed E-state index contributed by atoms with van der Waals surface area (Å²) in [4.78, 5) is 9.14. The number of anilines is 1. The van der Waals surface area contributed by atoms with Crippen molar-refractivity contribution in [3.63, 3.8) is 0 Å². The highest BCUT2D eigenvalue weighted by Crippen LogP contribution is 2.34. The number of thioether (sulfide) groups is 1. The lowest BCUT2D eigenvalue weighted by Crippen LogP contribution is -2.06. The van der Waals surface area contributed by atoms with E-state index in [2.05, 4.69) is 15.3 Å². The van der Waals surface area contributed by atoms with Gasteiger partial charge in [-0.05, 0) is 25.1 Å². The summed E-state index contributed by atoms with van der Waals surface area (Å²) in [6.45, 7) is 2.83. The van der Waals surface area contributed by atoms with Crippen molar-refractivity contribution in [3.8, 4) is 17.1 Å². The molecule has 1 aliphatic heterocycles. The predicted molar refractivity (Wildman–Crippen MR) is 83.1 cm³/mol. The highest BCUT2D eigenvalue weighted by molar-refractivity contribution is 7.98. The van der Waals surface area contributed by atoms with Crippen LogP contribution in [0.2, 0.25) is 0 Å². The molecule has 0 spiro atoms. The van der Waals surface area contributed by atoms with Gasteiger partial charge in [0.15, 0.2) is 17.4 Å². The smallest absolute Gasteiger partial charge is 0.165 e. The molecule has 0 bridgehead atoms. The molecule has 6 heteroatoms. The average Bonchev–Trinajstić information content (AvgIpc) is 2.96. The number of rotatable bonds is 4. The number of nitrogens with zero attached hydrogens (tertiary/aromatic N) is 2. The van der Waals surface area contributed by atoms with E-state index in [1.807, 2.05) is 18.7 Å². The Hall–Kier alpha value is -1.82. The van der Waals surface area contributed by atoms with Crippen LogP contribution in [-0.4, -0.2) is 23.6 Å². The number of aromatic nitrogens is 2. The van der Waals surface area contributed by atoms with Gasteiger partial charge in [0.05, 0.1) is 12.8 Å². The molecule has 2 aromatic rings. The molecule has 1 aromatic heterocycles. The molecule has 21 heavy (non-hydrogen) atoms. The molecular formula is C15H16FN3OS. The van der Waals surface area contributed by atoms with Crippen molar-refractivity contribution < 1.29 is 9.13 Å². The molecule has 0 fully saturated rings. The minimum atomic E-state index is -0.404. The zero-order chi connectivity index (χ0) is 14.8. The van der Waals surface area contributed by atoms with Crippen LogP contribution >= 0.6 is 11.8 Å². The second kappa shape index (κ2) is 5.89. The van der Waals surface area contributed by atoms with E-state index >= 15 is 0 Å². The zero-order valence-electron chi connectivity index (χ0n) is 11.9. The number of hydrogen-bond donors (Lipinski definition) is 1. The summed E-state index contributed by atoms with van der Waals surface area (Å²) in [5.41, 5.74) is 2.86. The molecule has 0 radical (unpaired) electrons. The van der Waals surface area contributed by atoms with Gasteiger partial charge in [-0.25, -0.2) is 14.4 Å². The van der Waals surface area contributed by atoms with E-state index in [9.17, 15) is 4.39 Å². The summed E-state index contributed by atoms with van der Waals surface area (Å²) in [6, 6.07) is 4.79. The number of benzene rings is 1. The maximum atomic E-state index is 13.9. The summed E-state index contributed by atoms with van der Waals surface area (Å²) in [6.07, 6.45) is 0. The summed E-state index contributed by atoms with van der Waals surface area (Å²) < 4.78 is 18.8. The molecule has 0 saturated heterocycles. The molecule has 0 aliphatic carbocycles. The van der Waals surface area contributed by atoms with Crippen LogP contribution < -0.4 is 10.1 Å². The summed E-state index contributed by atoms with van der Waals surface area (Å²) in [5, 5.41) is 3.27. The Balaban J connectivity index is 2.06. The highest BCUT2D eigenvalue weighted by atomic mass is 32.2. The minimum Gasteiger partial charge on any atom is -0.494 e. The van der Waals surface area contributed by atoms with Crippen molar-refractivity contribution in [2.75, 3.05) is 19.0 Å². The average molecular weight is 305 g/mol. The Kier molecular flexibility index (Phi) is 3.96. The minimum absolute atomic E-state index is 0.224. The van der Waals surface area contributed by atoms with Crippen molar-refractivity contribution in [1.29, 1.82) is 0 Å². The predicted octanol–water partition coefficient (Wildman–Crippen LogP) is 3.47. The molecule has 2 heterocycles. The van der Waals surface area contributed by atoms with E-state index in [1.165, 1.54) is 18.7 Å². The van der Waals surface area contributed by atoms with Gasteiger partial charge in [0.25, 0.3) is 0 Å². The van der Waals surface area contributed by atoms with E-state index in [1.54, 1.807) is 12.1 Å². The van der Waals surface area contributed by atoms with Crippen LogP contribution in [0.4, 0.5) is 10.2 Å². The van der Waals surface area contributed by atoms with Gasteiger partial charge in [0.2, 0.25) is 0 Å². The van der Waals surface area contributed by atoms with Gasteiger partial charge < -0.3 is 10.1 Å². The van der Waals surface area contributed by atoms with Crippen LogP contribution in [0.3, 0.4) is 0 Å². The fraction of sp³-hybridized carbons (Fsp3) is 0.333. The molecule has 110 valence electrons. The van der Waals surface area contributed by atoms with Crippen LogP contribution in [-0.2, 0) is 11.5 Å². The van der Waals surface area contributed by atoms with Gasteiger partial charge in [-0.2, -0.15) is 11.8 Å². The third-order valence-corrected chi connectivity index (χ3v) is 4.30. The standard InChI is InChI=1S/C15H16FN3OS/c1-3-17-15-10-7-21-8-12(10)18-14(19-15)9-4-5-13(20-2)11(16)6-9/h4-6H,3,7-8H2,1-2H3,(H,17,18,19). The second-order valence-corrected chi connectivity index (χ2v) is 5.68. The second-order valence-electron chi connectivity index (χ2n) is 4.69. The molecule has 1 N–H and O–H groups in total. The summed E-state index contributed by atoms with van der Waals surface area (Å²) in [7, 11) is 1.45. The molecule has 0 atom stereocenters. The van der Waals surface area contributed by atoms with Gasteiger partial charge in [-0.3, -0.25) is 0 Å². The zero-order valence-corrected chi connectivity index (χ0v) is 12.8. The number of methoxy groups -OCH3 is 1. The number of halogens is 1. The third-order valence-electron chi connectivity index (χ3n) is 3.33. The molecular weight excluding hydrogens is 289 g/mol. The van der Waals surface area contributed by atoms with Gasteiger partial charge in [0, 0.05) is 29.2 Å². The Morgan fingerprint density at radius 3 is 2.90 bits per heavy atom. The van der Waals surface area contributed by atoms with Gasteiger partial charge in [0.1, 0.15) is 5.82 Å². The van der Waals surface area contributed by atoms with Crippen molar-refractivity contribution >= 4 is 17.6 Å². The van der Waals surface area contributed by atoms with E-state index in [0.29, 0.717) is 11.4 Å². The van der Waals surface area contributed by atoms with E-state index in [-0.39, 0.29) is 5.75 Å². The normalized spacial score (nSPS) is 13.1. The largest absolute Gasteiger partial charge is 0.494 e. The van der Waals surface area contributed by atoms with Crippen molar-refractivity contribution in [2.24, 2.45) is 0 Å². The number of fused-ring (bicyclic) bond motifs is 1. The fourth-order valence-corrected chi connectivity index (χ4v) is 3.34. The van der Waals surface area contributed by atoms with Crippen LogP contribution in [0.25, 0.3) is 11.4 Å². The van der Waals surface area contributed by atoms with Crippen LogP contribution in [0, 0.1) is 5.82 Å². The monoisotopic (exact) mass is 305 g/mol. The number of hydrogen-bond acceptors (Lipinski definition) is 5.